The van der Waals surface area contributed by atoms with Crippen molar-refractivity contribution in [3.8, 4) is 0 Å². The Labute approximate surface area is 147 Å². The van der Waals surface area contributed by atoms with Gasteiger partial charge in [0.2, 0.25) is 5.91 Å². The molecule has 0 saturated carbocycles. The molecule has 1 aromatic rings. The fourth-order valence-electron chi connectivity index (χ4n) is 2.96. The fourth-order valence-corrected chi connectivity index (χ4v) is 3.26. The maximum absolute atomic E-state index is 12.7. The van der Waals surface area contributed by atoms with Gasteiger partial charge in [0.25, 0.3) is 0 Å². The fraction of sp³-hybridized carbons (Fsp3) is 0.444. The van der Waals surface area contributed by atoms with Gasteiger partial charge in [-0.2, -0.15) is 0 Å². The number of benzene rings is 1. The molecule has 24 heavy (non-hydrogen) atoms. The van der Waals surface area contributed by atoms with Crippen molar-refractivity contribution < 1.29 is 9.59 Å². The zero-order chi connectivity index (χ0) is 17.6. The predicted octanol–water partition coefficient (Wildman–Crippen LogP) is 2.03. The van der Waals surface area contributed by atoms with Gasteiger partial charge >= 0.3 is 0 Å². The van der Waals surface area contributed by atoms with E-state index in [2.05, 4.69) is 5.32 Å². The Hall–Kier alpha value is -1.69. The molecule has 0 saturated heterocycles. The molecule has 0 fully saturated rings. The SMILES string of the molecule is NCCCC[C@H](N)C(=O)N[C@@]1(c2ccccc2Cl)CCC=CC1=O. The Bertz CT molecular complexity index is 632. The molecule has 0 radical (unpaired) electrons. The number of carbonyl (C=O) groups excluding carboxylic acids is 2. The molecule has 0 spiro atoms. The highest BCUT2D eigenvalue weighted by Gasteiger charge is 2.43. The quantitative estimate of drug-likeness (QED) is 0.656. The lowest BCUT2D eigenvalue weighted by Crippen LogP contribution is -2.56. The van der Waals surface area contributed by atoms with Crippen molar-refractivity contribution >= 4 is 23.3 Å². The first-order chi connectivity index (χ1) is 11.5. The first-order valence-corrected chi connectivity index (χ1v) is 8.62. The van der Waals surface area contributed by atoms with Crippen LogP contribution in [-0.2, 0) is 15.1 Å². The molecular formula is C18H24ClN3O2. The van der Waals surface area contributed by atoms with Crippen molar-refractivity contribution in [1.82, 2.24) is 5.32 Å². The van der Waals surface area contributed by atoms with E-state index in [1.54, 1.807) is 18.2 Å². The van der Waals surface area contributed by atoms with Gasteiger partial charge in [-0.05, 0) is 44.4 Å². The highest BCUT2D eigenvalue weighted by Crippen LogP contribution is 2.36. The first kappa shape index (κ1) is 18.6. The molecular weight excluding hydrogens is 326 g/mol. The molecule has 1 aliphatic carbocycles. The van der Waals surface area contributed by atoms with E-state index in [0.29, 0.717) is 36.4 Å². The van der Waals surface area contributed by atoms with Crippen LogP contribution < -0.4 is 16.8 Å². The number of nitrogens with two attached hydrogens (primary N) is 2. The lowest BCUT2D eigenvalue weighted by atomic mass is 9.78. The van der Waals surface area contributed by atoms with Crippen molar-refractivity contribution in [3.05, 3.63) is 47.0 Å². The Morgan fingerprint density at radius 3 is 2.75 bits per heavy atom. The number of hydrogen-bond donors (Lipinski definition) is 3. The van der Waals surface area contributed by atoms with E-state index in [-0.39, 0.29) is 11.7 Å². The van der Waals surface area contributed by atoms with Crippen LogP contribution in [0.5, 0.6) is 0 Å². The summed E-state index contributed by atoms with van der Waals surface area (Å²) >= 11 is 6.31. The van der Waals surface area contributed by atoms with Crippen LogP contribution in [0, 0.1) is 0 Å². The van der Waals surface area contributed by atoms with Crippen LogP contribution in [0.1, 0.15) is 37.7 Å². The summed E-state index contributed by atoms with van der Waals surface area (Å²) in [6.45, 7) is 0.571. The number of halogens is 1. The van der Waals surface area contributed by atoms with Crippen molar-refractivity contribution in [2.45, 2.75) is 43.7 Å². The minimum atomic E-state index is -1.14. The number of unbranched alkanes of at least 4 members (excludes halogenated alkanes) is 1. The van der Waals surface area contributed by atoms with Crippen molar-refractivity contribution in [2.24, 2.45) is 11.5 Å². The molecule has 0 heterocycles. The van der Waals surface area contributed by atoms with Gasteiger partial charge in [-0.3, -0.25) is 9.59 Å². The zero-order valence-electron chi connectivity index (χ0n) is 13.6. The van der Waals surface area contributed by atoms with Gasteiger partial charge in [-0.25, -0.2) is 0 Å². The van der Waals surface area contributed by atoms with Crippen molar-refractivity contribution in [2.75, 3.05) is 6.54 Å². The molecule has 5 nitrogen and oxygen atoms in total. The van der Waals surface area contributed by atoms with Gasteiger partial charge < -0.3 is 16.8 Å². The molecule has 1 aliphatic rings. The minimum Gasteiger partial charge on any atom is -0.338 e. The molecule has 2 atom stereocenters. The van der Waals surface area contributed by atoms with E-state index >= 15 is 0 Å². The van der Waals surface area contributed by atoms with Crippen LogP contribution in [0.3, 0.4) is 0 Å². The molecule has 0 aromatic heterocycles. The Morgan fingerprint density at radius 1 is 1.33 bits per heavy atom. The Morgan fingerprint density at radius 2 is 2.08 bits per heavy atom. The van der Waals surface area contributed by atoms with Gasteiger partial charge in [0, 0.05) is 10.6 Å². The minimum absolute atomic E-state index is 0.177. The highest BCUT2D eigenvalue weighted by atomic mass is 35.5. The second kappa shape index (κ2) is 8.42. The second-order valence-corrected chi connectivity index (χ2v) is 6.48. The summed E-state index contributed by atoms with van der Waals surface area (Å²) < 4.78 is 0. The third-order valence-corrected chi connectivity index (χ3v) is 4.68. The van der Waals surface area contributed by atoms with E-state index in [0.717, 1.165) is 12.8 Å². The van der Waals surface area contributed by atoms with Gasteiger partial charge in [0.15, 0.2) is 5.78 Å². The summed E-state index contributed by atoms with van der Waals surface area (Å²) in [6, 6.07) is 6.43. The molecule has 1 aromatic carbocycles. The summed E-state index contributed by atoms with van der Waals surface area (Å²) in [7, 11) is 0. The van der Waals surface area contributed by atoms with Gasteiger partial charge in [0.05, 0.1) is 6.04 Å². The van der Waals surface area contributed by atoms with Crippen molar-refractivity contribution in [1.29, 1.82) is 0 Å². The van der Waals surface area contributed by atoms with Gasteiger partial charge in [-0.1, -0.05) is 42.3 Å². The Kier molecular flexibility index (Phi) is 6.54. The molecule has 1 amide bonds. The lowest BCUT2D eigenvalue weighted by Gasteiger charge is -2.36. The maximum Gasteiger partial charge on any atom is 0.237 e. The number of ketones is 1. The molecule has 6 heteroatoms. The monoisotopic (exact) mass is 349 g/mol. The number of amides is 1. The van der Waals surface area contributed by atoms with E-state index in [1.165, 1.54) is 6.08 Å². The van der Waals surface area contributed by atoms with Crippen LogP contribution in [0.25, 0.3) is 0 Å². The van der Waals surface area contributed by atoms with Crippen molar-refractivity contribution in [3.63, 3.8) is 0 Å². The number of allylic oxidation sites excluding steroid dienone is 1. The summed E-state index contributed by atoms with van der Waals surface area (Å²) in [4.78, 5) is 25.2. The summed E-state index contributed by atoms with van der Waals surface area (Å²) in [5.74, 6) is -0.514. The number of hydrogen-bond acceptors (Lipinski definition) is 4. The topological polar surface area (TPSA) is 98.2 Å². The maximum atomic E-state index is 12.7. The van der Waals surface area contributed by atoms with Crippen LogP contribution in [0.2, 0.25) is 5.02 Å². The largest absolute Gasteiger partial charge is 0.338 e. The molecule has 0 unspecified atom stereocenters. The molecule has 130 valence electrons. The molecule has 0 aliphatic heterocycles. The normalized spacial score (nSPS) is 21.5. The average Bonchev–Trinajstić information content (AvgIpc) is 2.57. The molecule has 5 N–H and O–H groups in total. The second-order valence-electron chi connectivity index (χ2n) is 6.07. The van der Waals surface area contributed by atoms with E-state index in [4.69, 9.17) is 23.1 Å². The number of carbonyl (C=O) groups is 2. The van der Waals surface area contributed by atoms with Crippen LogP contribution in [-0.4, -0.2) is 24.3 Å². The lowest BCUT2D eigenvalue weighted by molar-refractivity contribution is -0.131. The van der Waals surface area contributed by atoms with E-state index in [1.807, 2.05) is 12.1 Å². The number of nitrogens with one attached hydrogen (secondary N) is 1. The van der Waals surface area contributed by atoms with Crippen LogP contribution in [0.15, 0.2) is 36.4 Å². The van der Waals surface area contributed by atoms with E-state index in [9.17, 15) is 9.59 Å². The molecule has 0 bridgehead atoms. The van der Waals surface area contributed by atoms with Crippen LogP contribution in [0.4, 0.5) is 0 Å². The summed E-state index contributed by atoms with van der Waals surface area (Å²) in [6.07, 6.45) is 6.59. The third kappa shape index (κ3) is 4.04. The van der Waals surface area contributed by atoms with Crippen LogP contribution >= 0.6 is 11.6 Å². The average molecular weight is 350 g/mol. The smallest absolute Gasteiger partial charge is 0.237 e. The summed E-state index contributed by atoms with van der Waals surface area (Å²) in [5.41, 5.74) is 10.9. The van der Waals surface area contributed by atoms with E-state index < -0.39 is 11.6 Å². The summed E-state index contributed by atoms with van der Waals surface area (Å²) in [5, 5.41) is 3.34. The predicted molar refractivity (Wildman–Crippen MR) is 95.5 cm³/mol. The third-order valence-electron chi connectivity index (χ3n) is 4.35. The van der Waals surface area contributed by atoms with Gasteiger partial charge in [0.1, 0.15) is 5.54 Å². The molecule has 2 rings (SSSR count). The Balaban J connectivity index is 2.25. The zero-order valence-corrected chi connectivity index (χ0v) is 14.4. The number of rotatable bonds is 7. The standard InChI is InChI=1S/C18H24ClN3O2/c19-14-8-2-1-7-13(14)18(11-5-3-10-16(18)23)22-17(24)15(21)9-4-6-12-20/h1-3,7-8,10,15H,4-6,9,11-12,20-21H2,(H,22,24)/t15-,18+/m0/s1. The van der Waals surface area contributed by atoms with Gasteiger partial charge in [-0.15, -0.1) is 0 Å². The first-order valence-electron chi connectivity index (χ1n) is 8.25. The highest BCUT2D eigenvalue weighted by molar-refractivity contribution is 6.32.